The first-order valence-electron chi connectivity index (χ1n) is 10.1. The summed E-state index contributed by atoms with van der Waals surface area (Å²) < 4.78 is 0. The van der Waals surface area contributed by atoms with E-state index in [2.05, 4.69) is 51.8 Å². The van der Waals surface area contributed by atoms with Gasteiger partial charge >= 0.3 is 5.97 Å². The van der Waals surface area contributed by atoms with Crippen LogP contribution in [0.15, 0.2) is 66.3 Å². The number of aryl methyl sites for hydroxylation is 1. The molecule has 4 heteroatoms. The second kappa shape index (κ2) is 15.7. The molecule has 0 saturated heterocycles. The van der Waals surface area contributed by atoms with Gasteiger partial charge in [-0.3, -0.25) is 4.79 Å². The molecule has 0 radical (unpaired) electrons. The largest absolute Gasteiger partial charge is 0.481 e. The van der Waals surface area contributed by atoms with Crippen LogP contribution >= 0.6 is 11.8 Å². The van der Waals surface area contributed by atoms with Crippen LogP contribution in [0.2, 0.25) is 0 Å². The highest BCUT2D eigenvalue weighted by molar-refractivity contribution is 7.99. The maximum atomic E-state index is 10.7. The third-order valence-electron chi connectivity index (χ3n) is 4.25. The Morgan fingerprint density at radius 2 is 1.93 bits per heavy atom. The molecule has 0 fully saturated rings. The number of aliphatic carboxylic acids is 1. The summed E-state index contributed by atoms with van der Waals surface area (Å²) in [5.74, 6) is 0.0610. The molecule has 0 aliphatic rings. The first kappa shape index (κ1) is 26.8. The molecule has 0 saturated carbocycles. The van der Waals surface area contributed by atoms with Gasteiger partial charge in [-0.2, -0.15) is 0 Å². The lowest BCUT2D eigenvalue weighted by Crippen LogP contribution is -2.02. The van der Waals surface area contributed by atoms with Crippen LogP contribution in [0.3, 0.4) is 0 Å². The van der Waals surface area contributed by atoms with E-state index in [1.807, 2.05) is 13.0 Å². The standard InChI is InChI=1S/C22H31NO2S.C3H6/c1-5-7-9-18(6-2)21(14-17(4)23)20-15-19(12-11-16(20)3)26-13-8-10-22(24)25;1-3-2/h5,11-12,15H,1,4,6-10,13-14,23H2,2-3H3,(H,24,25);3H,1H2,2H3/b21-18-;. The number of carboxylic acid groups (broad SMARTS) is 1. The maximum Gasteiger partial charge on any atom is 0.303 e. The van der Waals surface area contributed by atoms with Gasteiger partial charge in [-0.05, 0) is 74.1 Å². The Bertz CT molecular complexity index is 720. The van der Waals surface area contributed by atoms with Gasteiger partial charge in [-0.1, -0.05) is 37.3 Å². The topological polar surface area (TPSA) is 63.3 Å². The number of carbonyl (C=O) groups is 1. The summed E-state index contributed by atoms with van der Waals surface area (Å²) in [5.41, 5.74) is 11.7. The molecule has 29 heavy (non-hydrogen) atoms. The van der Waals surface area contributed by atoms with E-state index in [4.69, 9.17) is 10.8 Å². The number of nitrogens with two attached hydrogens (primary N) is 1. The molecule has 0 amide bonds. The minimum atomic E-state index is -0.739. The summed E-state index contributed by atoms with van der Waals surface area (Å²) >= 11 is 1.70. The number of carboxylic acids is 1. The van der Waals surface area contributed by atoms with E-state index in [0.29, 0.717) is 18.5 Å². The summed E-state index contributed by atoms with van der Waals surface area (Å²) in [7, 11) is 0. The third-order valence-corrected chi connectivity index (χ3v) is 5.33. The van der Waals surface area contributed by atoms with Crippen LogP contribution in [0.1, 0.15) is 63.5 Å². The number of thioether (sulfide) groups is 1. The maximum absolute atomic E-state index is 10.7. The Labute approximate surface area is 181 Å². The fraction of sp³-hybridized carbons (Fsp3) is 0.400. The van der Waals surface area contributed by atoms with Crippen molar-refractivity contribution in [3.8, 4) is 0 Å². The fourth-order valence-corrected chi connectivity index (χ4v) is 3.77. The van der Waals surface area contributed by atoms with Gasteiger partial charge in [0.05, 0.1) is 0 Å². The Kier molecular flexibility index (Phi) is 14.5. The quantitative estimate of drug-likeness (QED) is 0.216. The predicted octanol–water partition coefficient (Wildman–Crippen LogP) is 7.14. The van der Waals surface area contributed by atoms with E-state index in [-0.39, 0.29) is 6.42 Å². The first-order valence-corrected chi connectivity index (χ1v) is 11.1. The van der Waals surface area contributed by atoms with Crippen LogP contribution in [0.25, 0.3) is 5.57 Å². The molecule has 0 spiro atoms. The van der Waals surface area contributed by atoms with Crippen molar-refractivity contribution in [3.63, 3.8) is 0 Å². The van der Waals surface area contributed by atoms with E-state index in [9.17, 15) is 4.79 Å². The van der Waals surface area contributed by atoms with Crippen LogP contribution in [0, 0.1) is 6.92 Å². The summed E-state index contributed by atoms with van der Waals surface area (Å²) in [6.07, 6.45) is 8.17. The first-order chi connectivity index (χ1) is 13.8. The van der Waals surface area contributed by atoms with Gasteiger partial charge in [-0.25, -0.2) is 0 Å². The van der Waals surface area contributed by atoms with Crippen molar-refractivity contribution in [1.29, 1.82) is 0 Å². The van der Waals surface area contributed by atoms with Crippen molar-refractivity contribution >= 4 is 23.3 Å². The summed E-state index contributed by atoms with van der Waals surface area (Å²) in [5, 5.41) is 8.76. The highest BCUT2D eigenvalue weighted by Gasteiger charge is 2.12. The number of rotatable bonds is 12. The van der Waals surface area contributed by atoms with Gasteiger partial charge in [0.15, 0.2) is 0 Å². The molecular weight excluding hydrogens is 378 g/mol. The van der Waals surface area contributed by atoms with E-state index in [1.165, 1.54) is 22.3 Å². The van der Waals surface area contributed by atoms with E-state index in [0.717, 1.165) is 29.9 Å². The fourth-order valence-electron chi connectivity index (χ4n) is 2.88. The molecule has 1 aromatic rings. The highest BCUT2D eigenvalue weighted by Crippen LogP contribution is 2.33. The zero-order valence-electron chi connectivity index (χ0n) is 18.3. The molecule has 1 rings (SSSR count). The van der Waals surface area contributed by atoms with Crippen molar-refractivity contribution in [2.75, 3.05) is 5.75 Å². The minimum Gasteiger partial charge on any atom is -0.481 e. The lowest BCUT2D eigenvalue weighted by Gasteiger charge is -2.18. The molecule has 0 heterocycles. The zero-order valence-corrected chi connectivity index (χ0v) is 19.1. The van der Waals surface area contributed by atoms with Crippen molar-refractivity contribution in [2.45, 2.75) is 64.2 Å². The van der Waals surface area contributed by atoms with Crippen molar-refractivity contribution in [2.24, 2.45) is 5.73 Å². The molecule has 0 atom stereocenters. The monoisotopic (exact) mass is 415 g/mol. The van der Waals surface area contributed by atoms with E-state index < -0.39 is 5.97 Å². The molecule has 0 aliphatic heterocycles. The SMILES string of the molecule is C=CC.C=CCC/C(CC)=C(/CC(=C)N)c1cc(SCCCC(=O)O)ccc1C. The second-order valence-electron chi connectivity index (χ2n) is 6.83. The molecule has 0 unspecified atom stereocenters. The average Bonchev–Trinajstić information content (AvgIpc) is 2.66. The molecule has 1 aromatic carbocycles. The zero-order chi connectivity index (χ0) is 22.2. The van der Waals surface area contributed by atoms with Gasteiger partial charge in [-0.15, -0.1) is 24.9 Å². The van der Waals surface area contributed by atoms with Crippen molar-refractivity contribution in [3.05, 3.63) is 72.5 Å². The summed E-state index contributed by atoms with van der Waals surface area (Å²) in [4.78, 5) is 11.8. The Morgan fingerprint density at radius 1 is 1.28 bits per heavy atom. The number of benzene rings is 1. The number of allylic oxidation sites excluding steroid dienone is 4. The normalized spacial score (nSPS) is 11.0. The number of hydrogen-bond donors (Lipinski definition) is 2. The van der Waals surface area contributed by atoms with Gasteiger partial charge in [0, 0.05) is 23.4 Å². The third kappa shape index (κ3) is 11.4. The van der Waals surface area contributed by atoms with Crippen LogP contribution < -0.4 is 5.73 Å². The minimum absolute atomic E-state index is 0.214. The molecule has 3 N–H and O–H groups in total. The Balaban J connectivity index is 0.00000245. The van der Waals surface area contributed by atoms with Crippen LogP contribution in [0.4, 0.5) is 0 Å². The van der Waals surface area contributed by atoms with E-state index >= 15 is 0 Å². The smallest absolute Gasteiger partial charge is 0.303 e. The van der Waals surface area contributed by atoms with Gasteiger partial charge in [0.25, 0.3) is 0 Å². The molecule has 0 bridgehead atoms. The molecular formula is C25H37NO2S. The Hall–Kier alpha value is -2.20. The Morgan fingerprint density at radius 3 is 2.45 bits per heavy atom. The van der Waals surface area contributed by atoms with Gasteiger partial charge < -0.3 is 10.8 Å². The molecule has 0 aromatic heterocycles. The molecule has 3 nitrogen and oxygen atoms in total. The second-order valence-corrected chi connectivity index (χ2v) is 8.00. The number of hydrogen-bond acceptors (Lipinski definition) is 3. The predicted molar refractivity (Wildman–Crippen MR) is 129 cm³/mol. The molecule has 0 aliphatic carbocycles. The van der Waals surface area contributed by atoms with Gasteiger partial charge in [0.2, 0.25) is 0 Å². The van der Waals surface area contributed by atoms with Crippen LogP contribution in [0.5, 0.6) is 0 Å². The lowest BCUT2D eigenvalue weighted by atomic mass is 9.89. The van der Waals surface area contributed by atoms with Gasteiger partial charge in [0.1, 0.15) is 0 Å². The van der Waals surface area contributed by atoms with Crippen LogP contribution in [-0.4, -0.2) is 16.8 Å². The lowest BCUT2D eigenvalue weighted by molar-refractivity contribution is -0.137. The van der Waals surface area contributed by atoms with Crippen LogP contribution in [-0.2, 0) is 4.79 Å². The van der Waals surface area contributed by atoms with Crippen molar-refractivity contribution < 1.29 is 9.90 Å². The summed E-state index contributed by atoms with van der Waals surface area (Å²) in [6, 6.07) is 6.45. The highest BCUT2D eigenvalue weighted by atomic mass is 32.2. The molecule has 160 valence electrons. The average molecular weight is 416 g/mol. The van der Waals surface area contributed by atoms with Crippen molar-refractivity contribution in [1.82, 2.24) is 0 Å². The summed E-state index contributed by atoms with van der Waals surface area (Å²) in [6.45, 7) is 17.3. The van der Waals surface area contributed by atoms with E-state index in [1.54, 1.807) is 17.8 Å².